The Bertz CT molecular complexity index is 610. The normalized spacial score (nSPS) is 11.5. The fourth-order valence-electron chi connectivity index (χ4n) is 1.76. The van der Waals surface area contributed by atoms with Crippen molar-refractivity contribution in [3.63, 3.8) is 0 Å². The molecule has 2 nitrogen and oxygen atoms in total. The highest BCUT2D eigenvalue weighted by Gasteiger charge is 2.31. The molecule has 0 N–H and O–H groups in total. The molecule has 0 aliphatic rings. The highest BCUT2D eigenvalue weighted by Crippen LogP contribution is 2.33. The molecule has 112 valence electrons. The zero-order chi connectivity index (χ0) is 15.5. The molecule has 2 rings (SSSR count). The van der Waals surface area contributed by atoms with E-state index < -0.39 is 18.7 Å². The molecule has 0 spiro atoms. The summed E-state index contributed by atoms with van der Waals surface area (Å²) in [6, 6.07) is 10.8. The number of benzene rings is 2. The smallest absolute Gasteiger partial charge is 0.434 e. The van der Waals surface area contributed by atoms with E-state index in [1.807, 2.05) is 0 Å². The van der Waals surface area contributed by atoms with E-state index in [0.29, 0.717) is 0 Å². The SMILES string of the molecule is FC(F)Oc1ccccc1-c1cccc(OC(F)(F)F)c1. The predicted molar refractivity (Wildman–Crippen MR) is 65.2 cm³/mol. The van der Waals surface area contributed by atoms with Gasteiger partial charge < -0.3 is 9.47 Å². The Morgan fingerprint density at radius 3 is 2.29 bits per heavy atom. The van der Waals surface area contributed by atoms with Gasteiger partial charge in [-0.05, 0) is 23.8 Å². The molecule has 0 fully saturated rings. The topological polar surface area (TPSA) is 18.5 Å². The van der Waals surface area contributed by atoms with Gasteiger partial charge in [0, 0.05) is 5.56 Å². The minimum atomic E-state index is -4.82. The summed E-state index contributed by atoms with van der Waals surface area (Å²) >= 11 is 0. The van der Waals surface area contributed by atoms with Crippen LogP contribution >= 0.6 is 0 Å². The van der Waals surface area contributed by atoms with E-state index in [0.717, 1.165) is 12.1 Å². The van der Waals surface area contributed by atoms with Crippen molar-refractivity contribution in [2.45, 2.75) is 13.0 Å². The van der Waals surface area contributed by atoms with E-state index in [-0.39, 0.29) is 16.9 Å². The van der Waals surface area contributed by atoms with Crippen molar-refractivity contribution in [3.05, 3.63) is 48.5 Å². The Kier molecular flexibility index (Phi) is 4.30. The molecule has 21 heavy (non-hydrogen) atoms. The Morgan fingerprint density at radius 2 is 1.62 bits per heavy atom. The molecule has 0 bridgehead atoms. The van der Waals surface area contributed by atoms with E-state index in [4.69, 9.17) is 0 Å². The molecule has 7 heteroatoms. The average molecular weight is 304 g/mol. The quantitative estimate of drug-likeness (QED) is 0.751. The van der Waals surface area contributed by atoms with Crippen LogP contribution in [-0.4, -0.2) is 13.0 Å². The molecular formula is C14H9F5O2. The Balaban J connectivity index is 2.36. The highest BCUT2D eigenvalue weighted by molar-refractivity contribution is 5.71. The van der Waals surface area contributed by atoms with Gasteiger partial charge in [-0.3, -0.25) is 0 Å². The molecule has 2 aromatic carbocycles. The number of ether oxygens (including phenoxy) is 2. The molecule has 0 saturated carbocycles. The third kappa shape index (κ3) is 4.34. The van der Waals surface area contributed by atoms with Crippen LogP contribution in [0.3, 0.4) is 0 Å². The number of hydrogen-bond acceptors (Lipinski definition) is 2. The third-order valence-electron chi connectivity index (χ3n) is 2.48. The largest absolute Gasteiger partial charge is 0.573 e. The van der Waals surface area contributed by atoms with Gasteiger partial charge in [-0.2, -0.15) is 8.78 Å². The molecule has 0 radical (unpaired) electrons. The van der Waals surface area contributed by atoms with Gasteiger partial charge in [-0.1, -0.05) is 30.3 Å². The molecule has 0 amide bonds. The molecule has 0 aliphatic carbocycles. The van der Waals surface area contributed by atoms with Crippen LogP contribution in [0.5, 0.6) is 11.5 Å². The van der Waals surface area contributed by atoms with Crippen molar-refractivity contribution >= 4 is 0 Å². The number of alkyl halides is 5. The number of hydrogen-bond donors (Lipinski definition) is 0. The van der Waals surface area contributed by atoms with E-state index in [2.05, 4.69) is 9.47 Å². The standard InChI is InChI=1S/C14H9F5O2/c15-13(16)20-12-7-2-1-6-11(12)9-4-3-5-10(8-9)21-14(17,18)19/h1-8,13H. The maximum absolute atomic E-state index is 12.3. The molecule has 0 aliphatic heterocycles. The van der Waals surface area contributed by atoms with Crippen LogP contribution in [0.4, 0.5) is 22.0 Å². The molecule has 0 heterocycles. The molecule has 0 saturated heterocycles. The van der Waals surface area contributed by atoms with Crippen LogP contribution in [0.1, 0.15) is 0 Å². The maximum atomic E-state index is 12.3. The molecule has 2 aromatic rings. The van der Waals surface area contributed by atoms with Crippen LogP contribution in [-0.2, 0) is 0 Å². The lowest BCUT2D eigenvalue weighted by Crippen LogP contribution is -2.17. The van der Waals surface area contributed by atoms with Gasteiger partial charge in [-0.25, -0.2) is 0 Å². The molecule has 0 atom stereocenters. The summed E-state index contributed by atoms with van der Waals surface area (Å²) in [7, 11) is 0. The van der Waals surface area contributed by atoms with Crippen molar-refractivity contribution in [3.8, 4) is 22.6 Å². The lowest BCUT2D eigenvalue weighted by atomic mass is 10.0. The minimum Gasteiger partial charge on any atom is -0.434 e. The highest BCUT2D eigenvalue weighted by atomic mass is 19.4. The van der Waals surface area contributed by atoms with Gasteiger partial charge in [0.2, 0.25) is 0 Å². The van der Waals surface area contributed by atoms with Gasteiger partial charge in [0.1, 0.15) is 11.5 Å². The van der Waals surface area contributed by atoms with Crippen molar-refractivity contribution in [1.29, 1.82) is 0 Å². The Morgan fingerprint density at radius 1 is 0.905 bits per heavy atom. The van der Waals surface area contributed by atoms with Crippen LogP contribution in [0, 0.1) is 0 Å². The third-order valence-corrected chi connectivity index (χ3v) is 2.48. The maximum Gasteiger partial charge on any atom is 0.573 e. The van der Waals surface area contributed by atoms with Crippen molar-refractivity contribution < 1.29 is 31.4 Å². The number of rotatable bonds is 4. The Hall–Kier alpha value is -2.31. The zero-order valence-corrected chi connectivity index (χ0v) is 10.4. The second kappa shape index (κ2) is 5.99. The summed E-state index contributed by atoms with van der Waals surface area (Å²) in [4.78, 5) is 0. The summed E-state index contributed by atoms with van der Waals surface area (Å²) in [6.45, 7) is -3.03. The first-order valence-electron chi connectivity index (χ1n) is 5.75. The number of halogens is 5. The lowest BCUT2D eigenvalue weighted by Gasteiger charge is -2.13. The van der Waals surface area contributed by atoms with E-state index in [1.54, 1.807) is 6.07 Å². The predicted octanol–water partition coefficient (Wildman–Crippen LogP) is 4.85. The molecule has 0 aromatic heterocycles. The monoisotopic (exact) mass is 304 g/mol. The first kappa shape index (κ1) is 15.1. The zero-order valence-electron chi connectivity index (χ0n) is 10.4. The second-order valence-electron chi connectivity index (χ2n) is 3.95. The summed E-state index contributed by atoms with van der Waals surface area (Å²) in [5.74, 6) is -0.566. The van der Waals surface area contributed by atoms with E-state index in [1.165, 1.54) is 30.3 Å². The van der Waals surface area contributed by atoms with Crippen LogP contribution in [0.25, 0.3) is 11.1 Å². The van der Waals surface area contributed by atoms with Crippen LogP contribution < -0.4 is 9.47 Å². The molecule has 0 unspecified atom stereocenters. The molecular weight excluding hydrogens is 295 g/mol. The van der Waals surface area contributed by atoms with Crippen molar-refractivity contribution in [2.24, 2.45) is 0 Å². The summed E-state index contributed by atoms with van der Waals surface area (Å²) in [5.41, 5.74) is 0.512. The van der Waals surface area contributed by atoms with Gasteiger partial charge >= 0.3 is 13.0 Å². The van der Waals surface area contributed by atoms with Gasteiger partial charge in [-0.15, -0.1) is 13.2 Å². The first-order valence-corrected chi connectivity index (χ1v) is 5.75. The fraction of sp³-hybridized carbons (Fsp3) is 0.143. The lowest BCUT2D eigenvalue weighted by molar-refractivity contribution is -0.274. The summed E-state index contributed by atoms with van der Waals surface area (Å²) in [6.07, 6.45) is -4.82. The van der Waals surface area contributed by atoms with E-state index >= 15 is 0 Å². The van der Waals surface area contributed by atoms with Crippen molar-refractivity contribution in [1.82, 2.24) is 0 Å². The van der Waals surface area contributed by atoms with Crippen LogP contribution in [0.15, 0.2) is 48.5 Å². The van der Waals surface area contributed by atoms with Gasteiger partial charge in [0.25, 0.3) is 0 Å². The number of para-hydroxylation sites is 1. The Labute approximate surface area is 116 Å². The van der Waals surface area contributed by atoms with Gasteiger partial charge in [0.05, 0.1) is 0 Å². The van der Waals surface area contributed by atoms with Gasteiger partial charge in [0.15, 0.2) is 0 Å². The van der Waals surface area contributed by atoms with E-state index in [9.17, 15) is 22.0 Å². The fourth-order valence-corrected chi connectivity index (χ4v) is 1.76. The van der Waals surface area contributed by atoms with Crippen LogP contribution in [0.2, 0.25) is 0 Å². The van der Waals surface area contributed by atoms with Crippen molar-refractivity contribution in [2.75, 3.05) is 0 Å². The second-order valence-corrected chi connectivity index (χ2v) is 3.95. The summed E-state index contributed by atoms with van der Waals surface area (Å²) < 4.78 is 69.3. The first-order chi connectivity index (χ1) is 9.85. The minimum absolute atomic E-state index is 0.128. The average Bonchev–Trinajstić information content (AvgIpc) is 2.37. The summed E-state index contributed by atoms with van der Waals surface area (Å²) in [5, 5.41) is 0.